The Hall–Kier alpha value is -1.56. The molecule has 18 heavy (non-hydrogen) atoms. The number of amides is 1. The summed E-state index contributed by atoms with van der Waals surface area (Å²) in [5.74, 6) is -0.422. The Balaban J connectivity index is 2.60. The third kappa shape index (κ3) is 1.38. The van der Waals surface area contributed by atoms with Crippen LogP contribution in [0.5, 0.6) is 0 Å². The summed E-state index contributed by atoms with van der Waals surface area (Å²) in [6.45, 7) is 6.42. The van der Waals surface area contributed by atoms with E-state index in [0.29, 0.717) is 16.9 Å². The highest BCUT2D eigenvalue weighted by Crippen LogP contribution is 2.41. The molecular formula is C12H16N2O3S. The molecule has 0 spiro atoms. The number of anilines is 2. The van der Waals surface area contributed by atoms with E-state index in [1.807, 2.05) is 6.92 Å². The molecule has 1 aliphatic heterocycles. The number of nitrogen functional groups attached to an aromatic ring is 1. The maximum Gasteiger partial charge on any atom is 0.263 e. The number of carbonyl (C=O) groups is 1. The molecule has 6 heteroatoms. The lowest BCUT2D eigenvalue weighted by Gasteiger charge is -2.43. The number of nitrogens with two attached hydrogens (primary N) is 1. The Morgan fingerprint density at radius 2 is 1.72 bits per heavy atom. The molecule has 1 fully saturated rings. The molecule has 2 N–H and O–H groups in total. The molecule has 98 valence electrons. The highest BCUT2D eigenvalue weighted by Gasteiger charge is 2.61. The zero-order valence-electron chi connectivity index (χ0n) is 10.8. The summed E-state index contributed by atoms with van der Waals surface area (Å²) in [7, 11) is -3.63. The molecule has 1 saturated heterocycles. The van der Waals surface area contributed by atoms with Gasteiger partial charge in [-0.15, -0.1) is 0 Å². The first-order chi connectivity index (χ1) is 8.10. The summed E-state index contributed by atoms with van der Waals surface area (Å²) in [5.41, 5.74) is 8.18. The molecule has 0 saturated carbocycles. The third-order valence-corrected chi connectivity index (χ3v) is 5.70. The van der Waals surface area contributed by atoms with Gasteiger partial charge in [0.15, 0.2) is 4.75 Å². The van der Waals surface area contributed by atoms with Crippen molar-refractivity contribution < 1.29 is 13.2 Å². The van der Waals surface area contributed by atoms with Crippen molar-refractivity contribution in [1.82, 2.24) is 0 Å². The summed E-state index contributed by atoms with van der Waals surface area (Å²) < 4.78 is 23.7. The number of nitrogens with zero attached hydrogens (tertiary/aromatic N) is 1. The summed E-state index contributed by atoms with van der Waals surface area (Å²) in [4.78, 5) is 12.0. The topological polar surface area (TPSA) is 80.5 Å². The number of hydrogen-bond acceptors (Lipinski definition) is 4. The molecule has 1 aromatic carbocycles. The maximum absolute atomic E-state index is 12.1. The minimum atomic E-state index is -3.63. The van der Waals surface area contributed by atoms with E-state index in [1.54, 1.807) is 13.0 Å². The minimum Gasteiger partial charge on any atom is -0.398 e. The summed E-state index contributed by atoms with van der Waals surface area (Å²) in [6, 6.07) is 3.31. The van der Waals surface area contributed by atoms with Gasteiger partial charge in [0.1, 0.15) is 0 Å². The Labute approximate surface area is 107 Å². The summed E-state index contributed by atoms with van der Waals surface area (Å²) in [6.07, 6.45) is 0. The van der Waals surface area contributed by atoms with Gasteiger partial charge in [-0.2, -0.15) is 0 Å². The van der Waals surface area contributed by atoms with Gasteiger partial charge in [0.25, 0.3) is 15.9 Å². The zero-order chi connectivity index (χ0) is 13.9. The van der Waals surface area contributed by atoms with Crippen molar-refractivity contribution in [1.29, 1.82) is 0 Å². The van der Waals surface area contributed by atoms with Crippen LogP contribution in [0.2, 0.25) is 0 Å². The lowest BCUT2D eigenvalue weighted by atomic mass is 10.1. The van der Waals surface area contributed by atoms with Gasteiger partial charge in [0.05, 0.1) is 5.69 Å². The predicted octanol–water partition coefficient (Wildman–Crippen LogP) is 1.34. The third-order valence-electron chi connectivity index (χ3n) is 3.39. The van der Waals surface area contributed by atoms with Crippen molar-refractivity contribution in [2.24, 2.45) is 0 Å². The number of rotatable bonds is 1. The Morgan fingerprint density at radius 3 is 2.22 bits per heavy atom. The Morgan fingerprint density at radius 1 is 1.17 bits per heavy atom. The molecule has 1 aromatic rings. The molecular weight excluding hydrogens is 252 g/mol. The van der Waals surface area contributed by atoms with E-state index >= 15 is 0 Å². The van der Waals surface area contributed by atoms with Gasteiger partial charge < -0.3 is 5.73 Å². The van der Waals surface area contributed by atoms with Gasteiger partial charge in [0.2, 0.25) is 0 Å². The first kappa shape index (κ1) is 12.9. The largest absolute Gasteiger partial charge is 0.398 e. The van der Waals surface area contributed by atoms with Gasteiger partial charge in [-0.05, 0) is 44.9 Å². The zero-order valence-corrected chi connectivity index (χ0v) is 11.6. The number of hydrogen-bond donors (Lipinski definition) is 1. The second-order valence-electron chi connectivity index (χ2n) is 5.08. The van der Waals surface area contributed by atoms with E-state index in [1.165, 1.54) is 19.9 Å². The van der Waals surface area contributed by atoms with Gasteiger partial charge in [0, 0.05) is 5.69 Å². The average molecular weight is 268 g/mol. The van der Waals surface area contributed by atoms with E-state index in [4.69, 9.17) is 5.73 Å². The molecule has 0 bridgehead atoms. The fourth-order valence-corrected chi connectivity index (χ4v) is 3.51. The fourth-order valence-electron chi connectivity index (χ4n) is 1.97. The van der Waals surface area contributed by atoms with Gasteiger partial charge in [-0.25, -0.2) is 12.7 Å². The Kier molecular flexibility index (Phi) is 2.49. The fraction of sp³-hybridized carbons (Fsp3) is 0.417. The van der Waals surface area contributed by atoms with Crippen molar-refractivity contribution in [3.05, 3.63) is 23.3 Å². The predicted molar refractivity (Wildman–Crippen MR) is 70.8 cm³/mol. The second-order valence-corrected chi connectivity index (χ2v) is 7.42. The molecule has 1 amide bonds. The molecule has 2 rings (SSSR count). The summed E-state index contributed by atoms with van der Waals surface area (Å²) in [5, 5.41) is 0. The van der Waals surface area contributed by atoms with Crippen molar-refractivity contribution in [2.75, 3.05) is 10.0 Å². The normalized spacial score (nSPS) is 20.7. The van der Waals surface area contributed by atoms with Crippen LogP contribution in [0.1, 0.15) is 25.0 Å². The van der Waals surface area contributed by atoms with Crippen LogP contribution >= 0.6 is 0 Å². The highest BCUT2D eigenvalue weighted by atomic mass is 32.2. The van der Waals surface area contributed by atoms with Crippen LogP contribution in [0.4, 0.5) is 11.4 Å². The van der Waals surface area contributed by atoms with E-state index in [0.717, 1.165) is 9.87 Å². The molecule has 5 nitrogen and oxygen atoms in total. The molecule has 0 aromatic heterocycles. The van der Waals surface area contributed by atoms with Crippen LogP contribution < -0.4 is 10.0 Å². The first-order valence-electron chi connectivity index (χ1n) is 5.56. The van der Waals surface area contributed by atoms with Crippen molar-refractivity contribution in [2.45, 2.75) is 32.4 Å². The number of benzene rings is 1. The first-order valence-corrected chi connectivity index (χ1v) is 7.00. The second kappa shape index (κ2) is 3.47. The van der Waals surface area contributed by atoms with Crippen molar-refractivity contribution >= 4 is 27.3 Å². The minimum absolute atomic E-state index is 0.349. The highest BCUT2D eigenvalue weighted by molar-refractivity contribution is 7.98. The van der Waals surface area contributed by atoms with Crippen molar-refractivity contribution in [3.63, 3.8) is 0 Å². The molecule has 1 aliphatic rings. The van der Waals surface area contributed by atoms with E-state index in [9.17, 15) is 13.2 Å². The smallest absolute Gasteiger partial charge is 0.263 e. The molecule has 0 aliphatic carbocycles. The standard InChI is InChI=1S/C12H16N2O3S/c1-7-5-8(2)10(6-9(7)13)14-11(15)12(3,4)18(14,16)17/h5-6H,13H2,1-4H3. The van der Waals surface area contributed by atoms with Crippen LogP contribution in [0.25, 0.3) is 0 Å². The Bertz CT molecular complexity index is 648. The van der Waals surface area contributed by atoms with Crippen LogP contribution in [0.3, 0.4) is 0 Å². The van der Waals surface area contributed by atoms with Gasteiger partial charge >= 0.3 is 0 Å². The van der Waals surface area contributed by atoms with Crippen LogP contribution in [0, 0.1) is 13.8 Å². The monoisotopic (exact) mass is 268 g/mol. The van der Waals surface area contributed by atoms with Crippen LogP contribution in [0.15, 0.2) is 12.1 Å². The molecule has 0 atom stereocenters. The van der Waals surface area contributed by atoms with E-state index in [-0.39, 0.29) is 0 Å². The van der Waals surface area contributed by atoms with Gasteiger partial charge in [-0.3, -0.25) is 4.79 Å². The number of carbonyl (C=O) groups excluding carboxylic acids is 1. The average Bonchev–Trinajstić information content (AvgIpc) is 2.25. The quantitative estimate of drug-likeness (QED) is 0.779. The lowest BCUT2D eigenvalue weighted by molar-refractivity contribution is -0.120. The molecule has 0 radical (unpaired) electrons. The van der Waals surface area contributed by atoms with Gasteiger partial charge in [-0.1, -0.05) is 6.07 Å². The number of sulfonamides is 1. The van der Waals surface area contributed by atoms with Crippen molar-refractivity contribution in [3.8, 4) is 0 Å². The van der Waals surface area contributed by atoms with E-state index < -0.39 is 20.7 Å². The van der Waals surface area contributed by atoms with Crippen LogP contribution in [-0.2, 0) is 14.8 Å². The maximum atomic E-state index is 12.1. The summed E-state index contributed by atoms with van der Waals surface area (Å²) >= 11 is 0. The van der Waals surface area contributed by atoms with E-state index in [2.05, 4.69) is 0 Å². The molecule has 1 heterocycles. The molecule has 0 unspecified atom stereocenters. The number of aryl methyl sites for hydroxylation is 2. The van der Waals surface area contributed by atoms with Crippen LogP contribution in [-0.4, -0.2) is 19.1 Å². The lowest BCUT2D eigenvalue weighted by Crippen LogP contribution is -2.67. The SMILES string of the molecule is Cc1cc(C)c(N2C(=O)C(C)(C)S2(=O)=O)cc1N.